The monoisotopic (exact) mass is 987 g/mol. The van der Waals surface area contributed by atoms with Crippen molar-refractivity contribution in [3.63, 3.8) is 0 Å². The van der Waals surface area contributed by atoms with Crippen LogP contribution >= 0.6 is 25.3 Å². The number of hydrogen-bond acceptors (Lipinski definition) is 11. The maximum absolute atomic E-state index is 14.6. The maximum Gasteiger partial charge on any atom is 0.244 e. The van der Waals surface area contributed by atoms with E-state index < -0.39 is 76.4 Å². The second-order valence-electron chi connectivity index (χ2n) is 17.8. The minimum absolute atomic E-state index is 0.0223. The molecular weight excluding hydrogens is 923 g/mol. The van der Waals surface area contributed by atoms with Crippen molar-refractivity contribution < 1.29 is 33.6 Å². The van der Waals surface area contributed by atoms with Crippen molar-refractivity contribution >= 4 is 83.5 Å². The van der Waals surface area contributed by atoms with Gasteiger partial charge in [-0.2, -0.15) is 25.3 Å². The molecule has 5 rings (SSSR count). The number of H-pyrrole nitrogens is 2. The highest BCUT2D eigenvalue weighted by molar-refractivity contribution is 7.81. The Morgan fingerprint density at radius 3 is 1.91 bits per heavy atom. The SMILES string of the molecule is CC(C)(S)[C@H](NC(=O)[C@H](Cc1c[nH]c2ccccc12)NC(=O)[C@H](CCCN=C(N)N)NC(=O)[C@@H](Cc1ccccc1)NC(=O)[C@H](Cc1cnc[nH]1)NC(=O)[C@H](CS)NC(=O)C1CCCCC1)C(N)=O. The minimum atomic E-state index is -1.32. The van der Waals surface area contributed by atoms with Gasteiger partial charge in [0.15, 0.2) is 5.96 Å². The third-order valence-electron chi connectivity index (χ3n) is 11.9. The summed E-state index contributed by atoms with van der Waals surface area (Å²) < 4.78 is -1.09. The van der Waals surface area contributed by atoms with Crippen LogP contribution in [0, 0.1) is 5.92 Å². The summed E-state index contributed by atoms with van der Waals surface area (Å²) in [6.07, 6.45) is 8.97. The summed E-state index contributed by atoms with van der Waals surface area (Å²) in [5.41, 5.74) is 19.5. The maximum atomic E-state index is 14.6. The first-order valence-corrected chi connectivity index (χ1v) is 24.1. The lowest BCUT2D eigenvalue weighted by Gasteiger charge is -2.30. The Kier molecular flexibility index (Phi) is 19.9. The Morgan fingerprint density at radius 1 is 0.725 bits per heavy atom. The van der Waals surface area contributed by atoms with E-state index in [0.29, 0.717) is 29.7 Å². The summed E-state index contributed by atoms with van der Waals surface area (Å²) in [5, 5.41) is 17.4. The van der Waals surface area contributed by atoms with Crippen molar-refractivity contribution in [3.8, 4) is 0 Å². The number of primary amides is 1. The molecule has 22 heteroatoms. The summed E-state index contributed by atoms with van der Waals surface area (Å²) >= 11 is 8.83. The number of aromatic amines is 2. The molecule has 1 fully saturated rings. The van der Waals surface area contributed by atoms with Crippen LogP contribution in [0.5, 0.6) is 0 Å². The van der Waals surface area contributed by atoms with Crippen molar-refractivity contribution in [2.45, 2.75) is 119 Å². The average Bonchev–Trinajstić information content (AvgIpc) is 4.00. The van der Waals surface area contributed by atoms with Gasteiger partial charge in [0, 0.05) is 71.2 Å². The van der Waals surface area contributed by atoms with Crippen LogP contribution in [0.1, 0.15) is 75.6 Å². The fourth-order valence-electron chi connectivity index (χ4n) is 8.16. The van der Waals surface area contributed by atoms with Crippen molar-refractivity contribution in [2.24, 2.45) is 28.1 Å². The van der Waals surface area contributed by atoms with Crippen molar-refractivity contribution in [2.75, 3.05) is 12.3 Å². The molecule has 0 spiro atoms. The Hall–Kier alpha value is -6.55. The van der Waals surface area contributed by atoms with Gasteiger partial charge in [-0.1, -0.05) is 67.8 Å². The summed E-state index contributed by atoms with van der Waals surface area (Å²) in [6.45, 7) is 3.30. The van der Waals surface area contributed by atoms with Gasteiger partial charge in [0.25, 0.3) is 0 Å². The number of hydrogen-bond donors (Lipinski definition) is 13. The smallest absolute Gasteiger partial charge is 0.244 e. The van der Waals surface area contributed by atoms with Crippen molar-refractivity contribution in [3.05, 3.63) is 90.1 Å². The Balaban J connectivity index is 1.42. The van der Waals surface area contributed by atoms with Crippen LogP contribution in [0.15, 0.2) is 78.3 Å². The van der Waals surface area contributed by atoms with Crippen LogP contribution in [0.2, 0.25) is 0 Å². The normalized spacial score (nSPS) is 15.5. The molecule has 7 amide bonds. The zero-order chi connectivity index (χ0) is 50.1. The first kappa shape index (κ1) is 53.4. The van der Waals surface area contributed by atoms with Gasteiger partial charge < -0.3 is 59.1 Å². The molecular formula is C47H65N13O7S2. The van der Waals surface area contributed by atoms with Crippen molar-refractivity contribution in [1.82, 2.24) is 46.9 Å². The number of nitrogens with one attached hydrogen (secondary N) is 8. The van der Waals surface area contributed by atoms with E-state index in [2.05, 4.69) is 77.1 Å². The average molecular weight is 988 g/mol. The number of carbonyl (C=O) groups excluding carboxylic acids is 7. The Bertz CT molecular complexity index is 2400. The molecule has 0 saturated heterocycles. The fourth-order valence-corrected chi connectivity index (χ4v) is 8.61. The number of aliphatic imine (C=N–C) groups is 1. The van der Waals surface area contributed by atoms with Crippen LogP contribution in [0.25, 0.3) is 10.9 Å². The number of imidazole rings is 1. The number of nitrogens with zero attached hydrogens (tertiary/aromatic N) is 2. The first-order chi connectivity index (χ1) is 32.9. The van der Waals surface area contributed by atoms with Crippen LogP contribution in [0.4, 0.5) is 0 Å². The van der Waals surface area contributed by atoms with Gasteiger partial charge in [-0.3, -0.25) is 38.6 Å². The topological polar surface area (TPSA) is 327 Å². The molecule has 6 atom stereocenters. The van der Waals surface area contributed by atoms with E-state index in [1.165, 1.54) is 12.5 Å². The standard InChI is InChI=1S/C47H65N13O7S2/c1-47(2,69)38(39(48)61)60-44(66)35(21-29-23-53-32-17-10-9-16-31(29)32)57-41(63)33(18-11-19-52-46(49)50)55-42(64)34(20-27-12-5-3-6-13-27)56-43(65)36(22-30-24-51-26-54-30)58-45(67)37(25-68)59-40(62)28-14-7-4-8-15-28/h3,5-6,9-10,12-13,16-17,23-24,26,28,33-38,53,68-69H,4,7-8,11,14-15,18-22,25H2,1-2H3,(H2,48,61)(H,51,54)(H,55,64)(H,56,65)(H,57,63)(H,58,67)(H,59,62)(H,60,66)(H4,49,50,52)/t33-,34+,35-,36-,37-,38+/m0/s1. The Labute approximate surface area is 411 Å². The number of guanidine groups is 1. The molecule has 0 bridgehead atoms. The summed E-state index contributed by atoms with van der Waals surface area (Å²) in [4.78, 5) is 111. The van der Waals surface area contributed by atoms with Gasteiger partial charge >= 0.3 is 0 Å². The number of fused-ring (bicyclic) bond motifs is 1. The highest BCUT2D eigenvalue weighted by Gasteiger charge is 2.37. The van der Waals surface area contributed by atoms with Gasteiger partial charge in [0.2, 0.25) is 41.4 Å². The van der Waals surface area contributed by atoms with Crippen LogP contribution in [-0.2, 0) is 52.8 Å². The van der Waals surface area contributed by atoms with E-state index in [1.807, 2.05) is 24.3 Å². The van der Waals surface area contributed by atoms with Gasteiger partial charge in [0.1, 0.15) is 36.3 Å². The number of amides is 7. The lowest BCUT2D eigenvalue weighted by Crippen LogP contribution is -2.61. The van der Waals surface area contributed by atoms with Crippen LogP contribution in [0.3, 0.4) is 0 Å². The van der Waals surface area contributed by atoms with Crippen LogP contribution in [-0.4, -0.2) is 116 Å². The molecule has 372 valence electrons. The number of benzene rings is 2. The molecule has 2 heterocycles. The molecule has 0 aliphatic heterocycles. The molecule has 2 aromatic heterocycles. The summed E-state index contributed by atoms with van der Waals surface area (Å²) in [5.74, 6) is -5.21. The number of thiol groups is 2. The molecule has 69 heavy (non-hydrogen) atoms. The zero-order valence-electron chi connectivity index (χ0n) is 38.8. The zero-order valence-corrected chi connectivity index (χ0v) is 40.6. The molecule has 20 nitrogen and oxygen atoms in total. The van der Waals surface area contributed by atoms with Gasteiger partial charge in [-0.25, -0.2) is 4.98 Å². The molecule has 1 aliphatic rings. The van der Waals surface area contributed by atoms with Gasteiger partial charge in [-0.05, 0) is 56.7 Å². The number of nitrogens with two attached hydrogens (primary N) is 3. The largest absolute Gasteiger partial charge is 0.370 e. The number of aromatic nitrogens is 3. The fraction of sp³-hybridized carbons (Fsp3) is 0.468. The highest BCUT2D eigenvalue weighted by atomic mass is 32.1. The third-order valence-corrected chi connectivity index (χ3v) is 12.5. The minimum Gasteiger partial charge on any atom is -0.370 e. The first-order valence-electron chi connectivity index (χ1n) is 23.0. The van der Waals surface area contributed by atoms with E-state index in [9.17, 15) is 33.6 Å². The lowest BCUT2D eigenvalue weighted by molar-refractivity contribution is -0.135. The highest BCUT2D eigenvalue weighted by Crippen LogP contribution is 2.24. The molecule has 0 radical (unpaired) electrons. The predicted molar refractivity (Wildman–Crippen MR) is 269 cm³/mol. The van der Waals surface area contributed by atoms with E-state index >= 15 is 0 Å². The second kappa shape index (κ2) is 25.7. The number of para-hydroxylation sites is 1. The summed E-state index contributed by atoms with van der Waals surface area (Å²) in [7, 11) is 0. The molecule has 1 saturated carbocycles. The third kappa shape index (κ3) is 16.3. The van der Waals surface area contributed by atoms with Gasteiger partial charge in [-0.15, -0.1) is 0 Å². The van der Waals surface area contributed by atoms with Gasteiger partial charge in [0.05, 0.1) is 6.33 Å². The molecule has 2 aromatic carbocycles. The van der Waals surface area contributed by atoms with Crippen LogP contribution < -0.4 is 49.1 Å². The Morgan fingerprint density at radius 2 is 1.30 bits per heavy atom. The van der Waals surface area contributed by atoms with E-state index in [-0.39, 0.29) is 62.2 Å². The lowest BCUT2D eigenvalue weighted by atomic mass is 9.88. The van der Waals surface area contributed by atoms with E-state index in [0.717, 1.165) is 30.2 Å². The molecule has 1 aliphatic carbocycles. The van der Waals surface area contributed by atoms with E-state index in [4.69, 9.17) is 17.2 Å². The molecule has 0 unspecified atom stereocenters. The summed E-state index contributed by atoms with van der Waals surface area (Å²) in [6, 6.07) is 8.74. The predicted octanol–water partition coefficient (Wildman–Crippen LogP) is 0.585. The number of carbonyl (C=O) groups is 7. The molecule has 4 aromatic rings. The number of rotatable bonds is 25. The van der Waals surface area contributed by atoms with Crippen molar-refractivity contribution in [1.29, 1.82) is 0 Å². The second-order valence-corrected chi connectivity index (χ2v) is 19.3. The quantitative estimate of drug-likeness (QED) is 0.0190. The molecule has 14 N–H and O–H groups in total. The van der Waals surface area contributed by atoms with E-state index in [1.54, 1.807) is 50.4 Å².